The molecule has 0 spiro atoms. The molecule has 1 heterocycles. The van der Waals surface area contributed by atoms with Crippen molar-refractivity contribution in [2.24, 2.45) is 12.8 Å². The molecular formula is C12H22N4O2. The molecule has 0 aliphatic carbocycles. The quantitative estimate of drug-likeness (QED) is 0.833. The van der Waals surface area contributed by atoms with Crippen LogP contribution in [0.4, 0.5) is 4.79 Å². The average Bonchev–Trinajstić information content (AvgIpc) is 2.58. The van der Waals surface area contributed by atoms with E-state index in [0.29, 0.717) is 13.0 Å². The lowest BCUT2D eigenvalue weighted by molar-refractivity contribution is 0.0524. The van der Waals surface area contributed by atoms with E-state index < -0.39 is 11.7 Å². The van der Waals surface area contributed by atoms with Crippen LogP contribution in [0.1, 0.15) is 26.3 Å². The highest BCUT2D eigenvalue weighted by atomic mass is 16.6. The predicted molar refractivity (Wildman–Crippen MR) is 69.1 cm³/mol. The fraction of sp³-hybridized carbons (Fsp3) is 0.667. The molecule has 6 heteroatoms. The van der Waals surface area contributed by atoms with E-state index in [4.69, 9.17) is 10.5 Å². The Labute approximate surface area is 107 Å². The summed E-state index contributed by atoms with van der Waals surface area (Å²) in [6.45, 7) is 5.84. The summed E-state index contributed by atoms with van der Waals surface area (Å²) in [5.74, 6) is 0. The van der Waals surface area contributed by atoms with Gasteiger partial charge < -0.3 is 15.8 Å². The van der Waals surface area contributed by atoms with Crippen LogP contribution in [0.15, 0.2) is 12.4 Å². The second-order valence-electron chi connectivity index (χ2n) is 5.37. The maximum absolute atomic E-state index is 11.4. The van der Waals surface area contributed by atoms with Gasteiger partial charge in [-0.15, -0.1) is 0 Å². The lowest BCUT2D eigenvalue weighted by atomic mass is 10.1. The Balaban J connectivity index is 2.29. The minimum Gasteiger partial charge on any atom is -0.444 e. The Bertz CT molecular complexity index is 395. The first-order valence-corrected chi connectivity index (χ1v) is 5.96. The Morgan fingerprint density at radius 2 is 2.28 bits per heavy atom. The third-order valence-corrected chi connectivity index (χ3v) is 2.16. The molecule has 0 aliphatic heterocycles. The zero-order chi connectivity index (χ0) is 13.8. The molecule has 3 N–H and O–H groups in total. The third-order valence-electron chi connectivity index (χ3n) is 2.16. The number of amides is 1. The lowest BCUT2D eigenvalue weighted by Gasteiger charge is -2.20. The summed E-state index contributed by atoms with van der Waals surface area (Å²) < 4.78 is 6.85. The van der Waals surface area contributed by atoms with Crippen molar-refractivity contribution in [3.05, 3.63) is 18.0 Å². The highest BCUT2D eigenvalue weighted by Crippen LogP contribution is 2.06. The Morgan fingerprint density at radius 1 is 1.61 bits per heavy atom. The van der Waals surface area contributed by atoms with E-state index in [0.717, 1.165) is 5.56 Å². The molecule has 0 fully saturated rings. The second-order valence-corrected chi connectivity index (χ2v) is 5.37. The summed E-state index contributed by atoms with van der Waals surface area (Å²) >= 11 is 0. The minimum absolute atomic E-state index is 0.151. The Morgan fingerprint density at radius 3 is 2.78 bits per heavy atom. The van der Waals surface area contributed by atoms with Crippen LogP contribution in [0.5, 0.6) is 0 Å². The van der Waals surface area contributed by atoms with Gasteiger partial charge in [-0.05, 0) is 32.8 Å². The van der Waals surface area contributed by atoms with Gasteiger partial charge in [0.15, 0.2) is 0 Å². The molecular weight excluding hydrogens is 232 g/mol. The third kappa shape index (κ3) is 5.67. The van der Waals surface area contributed by atoms with Gasteiger partial charge in [0, 0.05) is 25.8 Å². The van der Waals surface area contributed by atoms with E-state index in [1.165, 1.54) is 0 Å². The van der Waals surface area contributed by atoms with Gasteiger partial charge in [0.05, 0.1) is 6.20 Å². The molecule has 1 amide bonds. The van der Waals surface area contributed by atoms with Gasteiger partial charge in [0.25, 0.3) is 0 Å². The van der Waals surface area contributed by atoms with Gasteiger partial charge >= 0.3 is 6.09 Å². The molecule has 0 aromatic carbocycles. The van der Waals surface area contributed by atoms with Crippen LogP contribution in [-0.4, -0.2) is 34.1 Å². The maximum Gasteiger partial charge on any atom is 0.407 e. The van der Waals surface area contributed by atoms with Gasteiger partial charge in [0.2, 0.25) is 0 Å². The van der Waals surface area contributed by atoms with Crippen molar-refractivity contribution < 1.29 is 9.53 Å². The number of rotatable bonds is 4. The van der Waals surface area contributed by atoms with E-state index in [2.05, 4.69) is 10.4 Å². The number of carbonyl (C=O) groups excluding carboxylic acids is 1. The van der Waals surface area contributed by atoms with Gasteiger partial charge in [0.1, 0.15) is 5.60 Å². The lowest BCUT2D eigenvalue weighted by Crippen LogP contribution is -2.41. The van der Waals surface area contributed by atoms with Crippen molar-refractivity contribution in [2.75, 3.05) is 6.54 Å². The summed E-state index contributed by atoms with van der Waals surface area (Å²) in [5.41, 5.74) is 6.48. The number of hydrogen-bond donors (Lipinski definition) is 2. The normalized spacial score (nSPS) is 13.2. The number of alkyl carbamates (subject to hydrolysis) is 1. The number of nitrogens with zero attached hydrogens (tertiary/aromatic N) is 2. The summed E-state index contributed by atoms with van der Waals surface area (Å²) in [4.78, 5) is 11.4. The number of nitrogens with one attached hydrogen (secondary N) is 1. The van der Waals surface area contributed by atoms with Crippen molar-refractivity contribution in [3.8, 4) is 0 Å². The summed E-state index contributed by atoms with van der Waals surface area (Å²) in [6.07, 6.45) is 3.91. The SMILES string of the molecule is Cn1cc(CC(N)CNC(=O)OC(C)(C)C)cn1. The first-order valence-electron chi connectivity index (χ1n) is 5.96. The first-order chi connectivity index (χ1) is 8.26. The molecule has 102 valence electrons. The largest absolute Gasteiger partial charge is 0.444 e. The topological polar surface area (TPSA) is 82.2 Å². The van der Waals surface area contributed by atoms with Crippen LogP contribution in [-0.2, 0) is 18.2 Å². The molecule has 6 nitrogen and oxygen atoms in total. The standard InChI is InChI=1S/C12H22N4O2/c1-12(2,3)18-11(17)14-7-10(13)5-9-6-15-16(4)8-9/h6,8,10H,5,7,13H2,1-4H3,(H,14,17). The van der Waals surface area contributed by atoms with Crippen LogP contribution < -0.4 is 11.1 Å². The van der Waals surface area contributed by atoms with E-state index in [9.17, 15) is 4.79 Å². The molecule has 1 unspecified atom stereocenters. The van der Waals surface area contributed by atoms with Crippen molar-refractivity contribution in [2.45, 2.75) is 38.8 Å². The van der Waals surface area contributed by atoms with Gasteiger partial charge in [-0.25, -0.2) is 4.79 Å². The molecule has 0 bridgehead atoms. The molecule has 0 saturated carbocycles. The predicted octanol–water partition coefficient (Wildman–Crippen LogP) is 0.815. The van der Waals surface area contributed by atoms with Crippen molar-refractivity contribution in [1.82, 2.24) is 15.1 Å². The zero-order valence-electron chi connectivity index (χ0n) is 11.4. The molecule has 0 aliphatic rings. The zero-order valence-corrected chi connectivity index (χ0v) is 11.4. The van der Waals surface area contributed by atoms with Crippen LogP contribution in [0.3, 0.4) is 0 Å². The molecule has 1 rings (SSSR count). The van der Waals surface area contributed by atoms with Crippen LogP contribution in [0, 0.1) is 0 Å². The van der Waals surface area contributed by atoms with Gasteiger partial charge in [-0.2, -0.15) is 5.10 Å². The average molecular weight is 254 g/mol. The van der Waals surface area contributed by atoms with Crippen LogP contribution in [0.2, 0.25) is 0 Å². The Hall–Kier alpha value is -1.56. The molecule has 1 atom stereocenters. The minimum atomic E-state index is -0.489. The smallest absolute Gasteiger partial charge is 0.407 e. The number of carbonyl (C=O) groups is 1. The number of nitrogens with two attached hydrogens (primary N) is 1. The second kappa shape index (κ2) is 5.86. The van der Waals surface area contributed by atoms with E-state index in [1.54, 1.807) is 10.9 Å². The van der Waals surface area contributed by atoms with E-state index in [1.807, 2.05) is 34.0 Å². The molecule has 0 radical (unpaired) electrons. The van der Waals surface area contributed by atoms with Gasteiger partial charge in [-0.1, -0.05) is 0 Å². The number of aryl methyl sites for hydroxylation is 1. The monoisotopic (exact) mass is 254 g/mol. The highest BCUT2D eigenvalue weighted by Gasteiger charge is 2.16. The Kier molecular flexibility index (Phi) is 4.72. The molecule has 18 heavy (non-hydrogen) atoms. The summed E-state index contributed by atoms with van der Waals surface area (Å²) in [5, 5.41) is 6.72. The highest BCUT2D eigenvalue weighted by molar-refractivity contribution is 5.67. The summed E-state index contributed by atoms with van der Waals surface area (Å²) in [6, 6.07) is -0.151. The number of ether oxygens (including phenoxy) is 1. The number of hydrogen-bond acceptors (Lipinski definition) is 4. The first kappa shape index (κ1) is 14.5. The van der Waals surface area contributed by atoms with Crippen molar-refractivity contribution in [3.63, 3.8) is 0 Å². The van der Waals surface area contributed by atoms with Crippen molar-refractivity contribution >= 4 is 6.09 Å². The fourth-order valence-corrected chi connectivity index (χ4v) is 1.48. The van der Waals surface area contributed by atoms with Crippen LogP contribution >= 0.6 is 0 Å². The maximum atomic E-state index is 11.4. The van der Waals surface area contributed by atoms with E-state index in [-0.39, 0.29) is 6.04 Å². The van der Waals surface area contributed by atoms with Crippen molar-refractivity contribution in [1.29, 1.82) is 0 Å². The fourth-order valence-electron chi connectivity index (χ4n) is 1.48. The molecule has 0 saturated heterocycles. The van der Waals surface area contributed by atoms with Gasteiger partial charge in [-0.3, -0.25) is 4.68 Å². The van der Waals surface area contributed by atoms with E-state index >= 15 is 0 Å². The molecule has 1 aromatic rings. The summed E-state index contributed by atoms with van der Waals surface area (Å²) in [7, 11) is 1.86. The van der Waals surface area contributed by atoms with Crippen LogP contribution in [0.25, 0.3) is 0 Å². The number of aromatic nitrogens is 2. The molecule has 1 aromatic heterocycles.